The summed E-state index contributed by atoms with van der Waals surface area (Å²) in [7, 11) is 1.50. The minimum absolute atomic E-state index is 0.282. The Labute approximate surface area is 104 Å². The summed E-state index contributed by atoms with van der Waals surface area (Å²) >= 11 is 0. The van der Waals surface area contributed by atoms with Crippen molar-refractivity contribution in [2.75, 3.05) is 7.11 Å². The first-order valence-corrected chi connectivity index (χ1v) is 5.75. The van der Waals surface area contributed by atoms with Gasteiger partial charge < -0.3 is 9.84 Å². The maximum Gasteiger partial charge on any atom is 0.416 e. The molecule has 2 unspecified atom stereocenters. The van der Waals surface area contributed by atoms with Crippen LogP contribution < -0.4 is 0 Å². The van der Waals surface area contributed by atoms with E-state index in [1.54, 1.807) is 0 Å². The number of ether oxygens (including phenoxy) is 1. The van der Waals surface area contributed by atoms with Crippen LogP contribution in [0.25, 0.3) is 0 Å². The second-order valence-electron chi connectivity index (χ2n) is 4.15. The van der Waals surface area contributed by atoms with E-state index in [0.717, 1.165) is 12.1 Å². The summed E-state index contributed by atoms with van der Waals surface area (Å²) in [4.78, 5) is 0. The highest BCUT2D eigenvalue weighted by molar-refractivity contribution is 5.25. The summed E-state index contributed by atoms with van der Waals surface area (Å²) in [5.41, 5.74) is -0.0227. The lowest BCUT2D eigenvalue weighted by Gasteiger charge is -2.20. The normalized spacial score (nSPS) is 15.4. The Hall–Kier alpha value is -1.07. The third-order valence-electron chi connectivity index (χ3n) is 2.86. The van der Waals surface area contributed by atoms with E-state index < -0.39 is 17.8 Å². The van der Waals surface area contributed by atoms with Crippen molar-refractivity contribution in [3.63, 3.8) is 0 Å². The Morgan fingerprint density at radius 3 is 2.17 bits per heavy atom. The molecule has 1 rings (SSSR count). The molecule has 0 saturated carbocycles. The summed E-state index contributed by atoms with van der Waals surface area (Å²) < 4.78 is 42.1. The maximum atomic E-state index is 12.4. The van der Waals surface area contributed by atoms with Crippen molar-refractivity contribution in [3.05, 3.63) is 35.4 Å². The van der Waals surface area contributed by atoms with Crippen LogP contribution in [0.15, 0.2) is 24.3 Å². The number of aliphatic hydroxyl groups excluding tert-OH is 1. The maximum absolute atomic E-state index is 12.4. The van der Waals surface area contributed by atoms with Gasteiger partial charge in [-0.15, -0.1) is 0 Å². The Bertz CT molecular complexity index is 355. The zero-order chi connectivity index (χ0) is 13.8. The third kappa shape index (κ3) is 3.99. The van der Waals surface area contributed by atoms with Crippen LogP contribution >= 0.6 is 0 Å². The van der Waals surface area contributed by atoms with E-state index >= 15 is 0 Å². The number of methoxy groups -OCH3 is 1. The number of benzene rings is 1. The van der Waals surface area contributed by atoms with E-state index in [4.69, 9.17) is 4.74 Å². The summed E-state index contributed by atoms with van der Waals surface area (Å²) in [6.07, 6.45) is -4.40. The van der Waals surface area contributed by atoms with Crippen LogP contribution in [0, 0.1) is 0 Å². The van der Waals surface area contributed by atoms with Gasteiger partial charge in [-0.25, -0.2) is 0 Å². The molecular weight excluding hydrogens is 245 g/mol. The van der Waals surface area contributed by atoms with Crippen molar-refractivity contribution in [2.24, 2.45) is 0 Å². The van der Waals surface area contributed by atoms with Crippen LogP contribution in [-0.4, -0.2) is 24.4 Å². The standard InChI is InChI=1S/C13H17F3O2/c1-3-12(18-2)11(17)8-9-4-6-10(7-5-9)13(14,15)16/h4-7,11-12,17H,3,8H2,1-2H3. The second kappa shape index (κ2) is 6.20. The van der Waals surface area contributed by atoms with Crippen LogP contribution in [0.5, 0.6) is 0 Å². The molecule has 0 saturated heterocycles. The van der Waals surface area contributed by atoms with Crippen LogP contribution in [-0.2, 0) is 17.3 Å². The Morgan fingerprint density at radius 1 is 1.22 bits per heavy atom. The third-order valence-corrected chi connectivity index (χ3v) is 2.86. The van der Waals surface area contributed by atoms with Gasteiger partial charge in [0.2, 0.25) is 0 Å². The fourth-order valence-corrected chi connectivity index (χ4v) is 1.80. The summed E-state index contributed by atoms with van der Waals surface area (Å²) in [6, 6.07) is 4.81. The predicted molar refractivity (Wildman–Crippen MR) is 62.2 cm³/mol. The van der Waals surface area contributed by atoms with Crippen molar-refractivity contribution >= 4 is 0 Å². The average Bonchev–Trinajstić information content (AvgIpc) is 2.30. The lowest BCUT2D eigenvalue weighted by Crippen LogP contribution is -2.29. The monoisotopic (exact) mass is 262 g/mol. The Kier molecular flexibility index (Phi) is 5.16. The fraction of sp³-hybridized carbons (Fsp3) is 0.538. The highest BCUT2D eigenvalue weighted by Crippen LogP contribution is 2.29. The van der Waals surface area contributed by atoms with Gasteiger partial charge in [0.15, 0.2) is 0 Å². The first-order chi connectivity index (χ1) is 8.38. The van der Waals surface area contributed by atoms with E-state index in [2.05, 4.69) is 0 Å². The molecule has 2 atom stereocenters. The number of alkyl halides is 3. The van der Waals surface area contributed by atoms with Crippen LogP contribution in [0.4, 0.5) is 13.2 Å². The van der Waals surface area contributed by atoms with Gasteiger partial charge in [-0.2, -0.15) is 13.2 Å². The molecule has 5 heteroatoms. The van der Waals surface area contributed by atoms with Crippen LogP contribution in [0.2, 0.25) is 0 Å². The summed E-state index contributed by atoms with van der Waals surface area (Å²) in [5, 5.41) is 9.84. The van der Waals surface area contributed by atoms with E-state index in [1.165, 1.54) is 19.2 Å². The van der Waals surface area contributed by atoms with Crippen molar-refractivity contribution in [2.45, 2.75) is 38.1 Å². The molecule has 18 heavy (non-hydrogen) atoms. The van der Waals surface area contributed by atoms with E-state index in [-0.39, 0.29) is 12.5 Å². The van der Waals surface area contributed by atoms with Gasteiger partial charge in [0.1, 0.15) is 0 Å². The number of hydrogen-bond acceptors (Lipinski definition) is 2. The molecule has 0 spiro atoms. The smallest absolute Gasteiger partial charge is 0.390 e. The molecule has 0 heterocycles. The molecule has 0 fully saturated rings. The SMILES string of the molecule is CCC(OC)C(O)Cc1ccc(C(F)(F)F)cc1. The topological polar surface area (TPSA) is 29.5 Å². The Morgan fingerprint density at radius 2 is 1.78 bits per heavy atom. The second-order valence-corrected chi connectivity index (χ2v) is 4.15. The minimum Gasteiger partial charge on any atom is -0.390 e. The quantitative estimate of drug-likeness (QED) is 0.883. The molecule has 0 aromatic heterocycles. The average molecular weight is 262 g/mol. The molecule has 0 aliphatic rings. The van der Waals surface area contributed by atoms with Gasteiger partial charge in [0.25, 0.3) is 0 Å². The molecule has 0 bridgehead atoms. The molecule has 0 radical (unpaired) electrons. The molecule has 1 N–H and O–H groups in total. The van der Waals surface area contributed by atoms with Gasteiger partial charge >= 0.3 is 6.18 Å². The number of rotatable bonds is 5. The van der Waals surface area contributed by atoms with Gasteiger partial charge in [0, 0.05) is 13.5 Å². The zero-order valence-electron chi connectivity index (χ0n) is 10.4. The van der Waals surface area contributed by atoms with E-state index in [9.17, 15) is 18.3 Å². The van der Waals surface area contributed by atoms with Gasteiger partial charge in [-0.1, -0.05) is 19.1 Å². The molecule has 0 amide bonds. The lowest BCUT2D eigenvalue weighted by molar-refractivity contribution is -0.137. The van der Waals surface area contributed by atoms with Crippen molar-refractivity contribution in [1.82, 2.24) is 0 Å². The van der Waals surface area contributed by atoms with Gasteiger partial charge in [-0.3, -0.25) is 0 Å². The lowest BCUT2D eigenvalue weighted by atomic mass is 10.0. The first kappa shape index (κ1) is 15.0. The summed E-state index contributed by atoms with van der Waals surface area (Å²) in [5.74, 6) is 0. The largest absolute Gasteiger partial charge is 0.416 e. The van der Waals surface area contributed by atoms with E-state index in [0.29, 0.717) is 12.0 Å². The van der Waals surface area contributed by atoms with Crippen molar-refractivity contribution in [1.29, 1.82) is 0 Å². The fourth-order valence-electron chi connectivity index (χ4n) is 1.80. The predicted octanol–water partition coefficient (Wildman–Crippen LogP) is 3.03. The van der Waals surface area contributed by atoms with Gasteiger partial charge in [0.05, 0.1) is 17.8 Å². The minimum atomic E-state index is -4.32. The molecule has 102 valence electrons. The molecule has 1 aromatic rings. The molecule has 1 aromatic carbocycles. The molecule has 2 nitrogen and oxygen atoms in total. The number of aliphatic hydroxyl groups is 1. The van der Waals surface area contributed by atoms with E-state index in [1.807, 2.05) is 6.92 Å². The van der Waals surface area contributed by atoms with Crippen molar-refractivity contribution in [3.8, 4) is 0 Å². The van der Waals surface area contributed by atoms with Crippen LogP contribution in [0.3, 0.4) is 0 Å². The number of hydrogen-bond donors (Lipinski definition) is 1. The van der Waals surface area contributed by atoms with Crippen molar-refractivity contribution < 1.29 is 23.0 Å². The number of halogens is 3. The zero-order valence-corrected chi connectivity index (χ0v) is 10.4. The van der Waals surface area contributed by atoms with Crippen LogP contribution in [0.1, 0.15) is 24.5 Å². The summed E-state index contributed by atoms with van der Waals surface area (Å²) in [6.45, 7) is 1.88. The highest BCUT2D eigenvalue weighted by atomic mass is 19.4. The molecule has 0 aliphatic heterocycles. The molecular formula is C13H17F3O2. The highest BCUT2D eigenvalue weighted by Gasteiger charge is 2.30. The Balaban J connectivity index is 2.69. The van der Waals surface area contributed by atoms with Gasteiger partial charge in [-0.05, 0) is 24.1 Å². The molecule has 0 aliphatic carbocycles. The first-order valence-electron chi connectivity index (χ1n) is 5.75.